The van der Waals surface area contributed by atoms with Crippen molar-refractivity contribution in [2.45, 2.75) is 143 Å². The lowest BCUT2D eigenvalue weighted by molar-refractivity contribution is -0.154. The number of carbonyl (C=O) groups is 3. The van der Waals surface area contributed by atoms with Gasteiger partial charge < -0.3 is 20.5 Å². The normalized spacial score (nSPS) is 13.4. The first-order chi connectivity index (χ1) is 16.0. The summed E-state index contributed by atoms with van der Waals surface area (Å²) in [5, 5.41) is 15.4. The SMILES string of the molecule is CCCCCCCCCCCCCC[C@H](O)C(=O)NC(C(=O)NCC(=O)OC(C)(C)C)C(C)C. The van der Waals surface area contributed by atoms with E-state index in [9.17, 15) is 19.5 Å². The Morgan fingerprint density at radius 2 is 1.26 bits per heavy atom. The molecule has 0 bridgehead atoms. The second-order valence-corrected chi connectivity index (χ2v) is 10.7. The van der Waals surface area contributed by atoms with E-state index in [1.54, 1.807) is 34.6 Å². The Kier molecular flexibility index (Phi) is 17.8. The number of nitrogens with one attached hydrogen (secondary N) is 2. The highest BCUT2D eigenvalue weighted by Gasteiger charge is 2.27. The van der Waals surface area contributed by atoms with Gasteiger partial charge in [-0.25, -0.2) is 0 Å². The molecule has 3 N–H and O–H groups in total. The molecule has 2 amide bonds. The van der Waals surface area contributed by atoms with Crippen LogP contribution in [0.15, 0.2) is 0 Å². The number of esters is 1. The molecule has 0 aromatic heterocycles. The second-order valence-electron chi connectivity index (χ2n) is 10.7. The van der Waals surface area contributed by atoms with Crippen molar-refractivity contribution in [2.75, 3.05) is 6.54 Å². The molecule has 7 nitrogen and oxygen atoms in total. The van der Waals surface area contributed by atoms with Crippen LogP contribution in [-0.4, -0.2) is 47.2 Å². The zero-order chi connectivity index (χ0) is 26.0. The molecular weight excluding hydrogens is 432 g/mol. The standard InChI is InChI=1S/C27H52N2O5/c1-7-8-9-10-11-12-13-14-15-16-17-18-19-22(30)25(32)29-24(21(2)3)26(33)28-20-23(31)34-27(4,5)6/h21-22,24,30H,7-20H2,1-6H3,(H,28,33)(H,29,32)/t22-,24?/m0/s1. The third-order valence-electron chi connectivity index (χ3n) is 5.71. The van der Waals surface area contributed by atoms with Crippen molar-refractivity contribution in [3.8, 4) is 0 Å². The lowest BCUT2D eigenvalue weighted by Gasteiger charge is -2.24. The number of carbonyl (C=O) groups excluding carboxylic acids is 3. The smallest absolute Gasteiger partial charge is 0.325 e. The van der Waals surface area contributed by atoms with Crippen LogP contribution in [-0.2, 0) is 19.1 Å². The summed E-state index contributed by atoms with van der Waals surface area (Å²) in [4.78, 5) is 36.7. The van der Waals surface area contributed by atoms with Crippen LogP contribution in [0, 0.1) is 5.92 Å². The molecule has 0 aliphatic carbocycles. The summed E-state index contributed by atoms with van der Waals surface area (Å²) in [6.45, 7) is 10.8. The fourth-order valence-electron chi connectivity index (χ4n) is 3.74. The van der Waals surface area contributed by atoms with Crippen molar-refractivity contribution in [1.29, 1.82) is 0 Å². The van der Waals surface area contributed by atoms with Gasteiger partial charge in [0.25, 0.3) is 0 Å². The van der Waals surface area contributed by atoms with Gasteiger partial charge in [-0.1, -0.05) is 97.8 Å². The zero-order valence-electron chi connectivity index (χ0n) is 22.7. The van der Waals surface area contributed by atoms with Crippen molar-refractivity contribution in [3.05, 3.63) is 0 Å². The van der Waals surface area contributed by atoms with Crippen LogP contribution in [0.2, 0.25) is 0 Å². The molecule has 0 aliphatic rings. The minimum atomic E-state index is -1.14. The van der Waals surface area contributed by atoms with E-state index < -0.39 is 35.5 Å². The minimum absolute atomic E-state index is 0.193. The van der Waals surface area contributed by atoms with Crippen LogP contribution in [0.1, 0.15) is 125 Å². The first-order valence-corrected chi connectivity index (χ1v) is 13.5. The molecular formula is C27H52N2O5. The topological polar surface area (TPSA) is 105 Å². The molecule has 1 unspecified atom stereocenters. The largest absolute Gasteiger partial charge is 0.459 e. The number of aliphatic hydroxyl groups excluding tert-OH is 1. The molecule has 0 fully saturated rings. The van der Waals surface area contributed by atoms with E-state index in [1.807, 2.05) is 0 Å². The molecule has 0 saturated heterocycles. The van der Waals surface area contributed by atoms with E-state index >= 15 is 0 Å². The highest BCUT2D eigenvalue weighted by Crippen LogP contribution is 2.13. The first kappa shape index (κ1) is 32.4. The molecule has 0 radical (unpaired) electrons. The average molecular weight is 485 g/mol. The van der Waals surface area contributed by atoms with Crippen molar-refractivity contribution in [3.63, 3.8) is 0 Å². The number of hydrogen-bond acceptors (Lipinski definition) is 5. The van der Waals surface area contributed by atoms with E-state index in [1.165, 1.54) is 57.8 Å². The summed E-state index contributed by atoms with van der Waals surface area (Å²) in [5.74, 6) is -1.75. The van der Waals surface area contributed by atoms with E-state index in [2.05, 4.69) is 17.6 Å². The third kappa shape index (κ3) is 17.8. The van der Waals surface area contributed by atoms with E-state index in [-0.39, 0.29) is 12.5 Å². The van der Waals surface area contributed by atoms with Gasteiger partial charge in [0.1, 0.15) is 24.3 Å². The molecule has 0 rings (SSSR count). The fourth-order valence-corrected chi connectivity index (χ4v) is 3.74. The summed E-state index contributed by atoms with van der Waals surface area (Å²) >= 11 is 0. The Morgan fingerprint density at radius 3 is 1.71 bits per heavy atom. The number of aliphatic hydroxyl groups is 1. The van der Waals surface area contributed by atoms with Crippen molar-refractivity contribution in [2.24, 2.45) is 5.92 Å². The molecule has 2 atom stereocenters. The Labute approximate surface area is 208 Å². The third-order valence-corrected chi connectivity index (χ3v) is 5.71. The van der Waals surface area contributed by atoms with Crippen LogP contribution in [0.5, 0.6) is 0 Å². The number of hydrogen-bond donors (Lipinski definition) is 3. The van der Waals surface area contributed by atoms with Crippen LogP contribution in [0.3, 0.4) is 0 Å². The van der Waals surface area contributed by atoms with Gasteiger partial charge in [0.2, 0.25) is 11.8 Å². The number of unbranched alkanes of at least 4 members (excludes halogenated alkanes) is 11. The summed E-state index contributed by atoms with van der Waals surface area (Å²) in [7, 11) is 0. The van der Waals surface area contributed by atoms with Gasteiger partial charge in [-0.15, -0.1) is 0 Å². The van der Waals surface area contributed by atoms with Crippen molar-refractivity contribution in [1.82, 2.24) is 10.6 Å². The highest BCUT2D eigenvalue weighted by atomic mass is 16.6. The molecule has 200 valence electrons. The maximum atomic E-state index is 12.5. The molecule has 0 aromatic carbocycles. The van der Waals surface area contributed by atoms with Gasteiger partial charge in [0.05, 0.1) is 0 Å². The minimum Gasteiger partial charge on any atom is -0.459 e. The van der Waals surface area contributed by atoms with Gasteiger partial charge in [-0.05, 0) is 33.1 Å². The van der Waals surface area contributed by atoms with E-state index in [0.29, 0.717) is 6.42 Å². The second kappa shape index (κ2) is 18.7. The summed E-state index contributed by atoms with van der Waals surface area (Å²) in [6.07, 6.45) is 13.9. The molecule has 0 spiro atoms. The molecule has 0 heterocycles. The first-order valence-electron chi connectivity index (χ1n) is 13.5. The quantitative estimate of drug-likeness (QED) is 0.176. The lowest BCUT2D eigenvalue weighted by atomic mass is 10.0. The Bertz CT molecular complexity index is 572. The Balaban J connectivity index is 4.08. The maximum absolute atomic E-state index is 12.5. The summed E-state index contributed by atoms with van der Waals surface area (Å²) in [6, 6.07) is -0.827. The summed E-state index contributed by atoms with van der Waals surface area (Å²) in [5.41, 5.74) is -0.633. The molecule has 34 heavy (non-hydrogen) atoms. The van der Waals surface area contributed by atoms with Crippen molar-refractivity contribution < 1.29 is 24.2 Å². The van der Waals surface area contributed by atoms with Crippen LogP contribution < -0.4 is 10.6 Å². The van der Waals surface area contributed by atoms with Crippen LogP contribution in [0.4, 0.5) is 0 Å². The maximum Gasteiger partial charge on any atom is 0.325 e. The van der Waals surface area contributed by atoms with Gasteiger partial charge >= 0.3 is 5.97 Å². The van der Waals surface area contributed by atoms with Gasteiger partial charge in [0, 0.05) is 0 Å². The molecule has 0 aliphatic heterocycles. The molecule has 7 heteroatoms. The van der Waals surface area contributed by atoms with Gasteiger partial charge in [0.15, 0.2) is 0 Å². The number of ether oxygens (including phenoxy) is 1. The highest BCUT2D eigenvalue weighted by molar-refractivity contribution is 5.91. The van der Waals surface area contributed by atoms with Gasteiger partial charge in [-0.3, -0.25) is 14.4 Å². The fraction of sp³-hybridized carbons (Fsp3) is 0.889. The van der Waals surface area contributed by atoms with E-state index in [4.69, 9.17) is 4.74 Å². The Morgan fingerprint density at radius 1 is 0.794 bits per heavy atom. The van der Waals surface area contributed by atoms with Crippen molar-refractivity contribution >= 4 is 17.8 Å². The number of amides is 2. The van der Waals surface area contributed by atoms with Gasteiger partial charge in [-0.2, -0.15) is 0 Å². The number of rotatable bonds is 19. The predicted molar refractivity (Wildman–Crippen MR) is 137 cm³/mol. The monoisotopic (exact) mass is 484 g/mol. The Hall–Kier alpha value is -1.63. The van der Waals surface area contributed by atoms with Crippen LogP contribution >= 0.6 is 0 Å². The predicted octanol–water partition coefficient (Wildman–Crippen LogP) is 5.04. The zero-order valence-corrected chi connectivity index (χ0v) is 22.7. The molecule has 0 saturated carbocycles. The van der Waals surface area contributed by atoms with Crippen LogP contribution in [0.25, 0.3) is 0 Å². The molecule has 0 aromatic rings. The lowest BCUT2D eigenvalue weighted by Crippen LogP contribution is -2.53. The average Bonchev–Trinajstić information content (AvgIpc) is 2.74. The summed E-state index contributed by atoms with van der Waals surface area (Å²) < 4.78 is 5.18. The van der Waals surface area contributed by atoms with E-state index in [0.717, 1.165) is 19.3 Å².